The van der Waals surface area contributed by atoms with E-state index in [2.05, 4.69) is 20.7 Å². The Morgan fingerprint density at radius 3 is 2.78 bits per heavy atom. The third-order valence-corrected chi connectivity index (χ3v) is 2.14. The maximum atomic E-state index is 11.7. The van der Waals surface area contributed by atoms with Crippen molar-refractivity contribution in [1.82, 2.24) is 16.0 Å². The molecule has 1 unspecified atom stereocenters. The van der Waals surface area contributed by atoms with E-state index in [0.29, 0.717) is 0 Å². The van der Waals surface area contributed by atoms with Gasteiger partial charge in [0.15, 0.2) is 0 Å². The van der Waals surface area contributed by atoms with E-state index in [4.69, 9.17) is 0 Å². The standard InChI is InChI=1S/C9H14F3N3O3/c10-9(11,12)5-18-2-1-13-8(17)6-3-15-7(16)4-14-6/h6,14H,1-5H2,(H,13,17)(H,15,16). The fraction of sp³-hybridized carbons (Fsp3) is 0.778. The van der Waals surface area contributed by atoms with Gasteiger partial charge in [-0.15, -0.1) is 0 Å². The summed E-state index contributed by atoms with van der Waals surface area (Å²) in [7, 11) is 0. The molecule has 0 aromatic carbocycles. The van der Waals surface area contributed by atoms with Gasteiger partial charge in [-0.3, -0.25) is 14.9 Å². The molecule has 0 aromatic heterocycles. The van der Waals surface area contributed by atoms with Gasteiger partial charge in [0.25, 0.3) is 0 Å². The fourth-order valence-corrected chi connectivity index (χ4v) is 1.31. The topological polar surface area (TPSA) is 79.5 Å². The monoisotopic (exact) mass is 269 g/mol. The molecule has 18 heavy (non-hydrogen) atoms. The van der Waals surface area contributed by atoms with Gasteiger partial charge in [0.2, 0.25) is 11.8 Å². The molecular weight excluding hydrogens is 255 g/mol. The van der Waals surface area contributed by atoms with Crippen LogP contribution < -0.4 is 16.0 Å². The van der Waals surface area contributed by atoms with Crippen LogP contribution in [0.25, 0.3) is 0 Å². The summed E-state index contributed by atoms with van der Waals surface area (Å²) in [6.45, 7) is -1.36. The molecule has 0 radical (unpaired) electrons. The second kappa shape index (κ2) is 6.55. The first-order valence-electron chi connectivity index (χ1n) is 5.31. The Bertz CT molecular complexity index is 299. The normalized spacial score (nSPS) is 20.4. The number of carbonyl (C=O) groups is 2. The molecule has 1 heterocycles. The Morgan fingerprint density at radius 2 is 2.22 bits per heavy atom. The number of rotatable bonds is 5. The second-order valence-electron chi connectivity index (χ2n) is 3.70. The Kier molecular flexibility index (Phi) is 5.35. The van der Waals surface area contributed by atoms with E-state index < -0.39 is 18.8 Å². The van der Waals surface area contributed by atoms with Crippen LogP contribution in [0.15, 0.2) is 0 Å². The molecule has 9 heteroatoms. The first-order chi connectivity index (χ1) is 8.38. The van der Waals surface area contributed by atoms with Crippen LogP contribution in [0.2, 0.25) is 0 Å². The molecule has 1 aliphatic rings. The zero-order valence-corrected chi connectivity index (χ0v) is 9.47. The molecule has 0 bridgehead atoms. The highest BCUT2D eigenvalue weighted by Gasteiger charge is 2.27. The van der Waals surface area contributed by atoms with E-state index in [1.807, 2.05) is 0 Å². The largest absolute Gasteiger partial charge is 0.411 e. The molecule has 0 aliphatic carbocycles. The van der Waals surface area contributed by atoms with Crippen LogP contribution in [0.4, 0.5) is 13.2 Å². The van der Waals surface area contributed by atoms with Crippen molar-refractivity contribution in [2.45, 2.75) is 12.2 Å². The minimum Gasteiger partial charge on any atom is -0.370 e. The lowest BCUT2D eigenvalue weighted by Gasteiger charge is -2.23. The second-order valence-corrected chi connectivity index (χ2v) is 3.70. The molecule has 0 saturated carbocycles. The SMILES string of the molecule is O=C1CNC(C(=O)NCCOCC(F)(F)F)CN1. The van der Waals surface area contributed by atoms with Crippen LogP contribution in [0.3, 0.4) is 0 Å². The van der Waals surface area contributed by atoms with Crippen molar-refractivity contribution < 1.29 is 27.5 Å². The average molecular weight is 269 g/mol. The zero-order valence-electron chi connectivity index (χ0n) is 9.47. The zero-order chi connectivity index (χ0) is 13.6. The summed E-state index contributed by atoms with van der Waals surface area (Å²) >= 11 is 0. The van der Waals surface area contributed by atoms with Gasteiger partial charge in [-0.05, 0) is 0 Å². The summed E-state index contributed by atoms with van der Waals surface area (Å²) in [6, 6.07) is -0.565. The maximum absolute atomic E-state index is 11.7. The van der Waals surface area contributed by atoms with Gasteiger partial charge < -0.3 is 15.4 Å². The Balaban J connectivity index is 2.08. The summed E-state index contributed by atoms with van der Waals surface area (Å²) < 4.78 is 39.4. The number of nitrogens with one attached hydrogen (secondary N) is 3. The molecule has 3 N–H and O–H groups in total. The van der Waals surface area contributed by atoms with Crippen molar-refractivity contribution in [1.29, 1.82) is 0 Å². The molecule has 2 amide bonds. The quantitative estimate of drug-likeness (QED) is 0.546. The van der Waals surface area contributed by atoms with Gasteiger partial charge in [0.05, 0.1) is 13.2 Å². The molecule has 0 spiro atoms. The number of hydrogen-bond donors (Lipinski definition) is 3. The van der Waals surface area contributed by atoms with E-state index >= 15 is 0 Å². The lowest BCUT2D eigenvalue weighted by atomic mass is 10.2. The number of ether oxygens (including phenoxy) is 1. The van der Waals surface area contributed by atoms with E-state index in [-0.39, 0.29) is 38.1 Å². The average Bonchev–Trinajstić information content (AvgIpc) is 2.27. The highest BCUT2D eigenvalue weighted by atomic mass is 19.4. The number of hydrogen-bond acceptors (Lipinski definition) is 4. The lowest BCUT2D eigenvalue weighted by Crippen LogP contribution is -2.58. The molecule has 1 fully saturated rings. The van der Waals surface area contributed by atoms with Gasteiger partial charge in [-0.25, -0.2) is 0 Å². The summed E-state index contributed by atoms with van der Waals surface area (Å²) in [5, 5.41) is 7.59. The number of halogens is 3. The summed E-state index contributed by atoms with van der Waals surface area (Å²) in [4.78, 5) is 22.3. The van der Waals surface area contributed by atoms with Crippen molar-refractivity contribution in [3.63, 3.8) is 0 Å². The van der Waals surface area contributed by atoms with Crippen molar-refractivity contribution >= 4 is 11.8 Å². The van der Waals surface area contributed by atoms with Crippen LogP contribution in [-0.2, 0) is 14.3 Å². The Hall–Kier alpha value is -1.35. The third-order valence-electron chi connectivity index (χ3n) is 2.14. The molecule has 6 nitrogen and oxygen atoms in total. The number of carbonyl (C=O) groups excluding carboxylic acids is 2. The highest BCUT2D eigenvalue weighted by molar-refractivity contribution is 5.86. The molecule has 1 rings (SSSR count). The Morgan fingerprint density at radius 1 is 1.50 bits per heavy atom. The van der Waals surface area contributed by atoms with Gasteiger partial charge >= 0.3 is 6.18 Å². The summed E-state index contributed by atoms with van der Waals surface area (Å²) in [6.07, 6.45) is -4.36. The number of piperazine rings is 1. The lowest BCUT2D eigenvalue weighted by molar-refractivity contribution is -0.173. The van der Waals surface area contributed by atoms with E-state index in [1.165, 1.54) is 0 Å². The molecular formula is C9H14F3N3O3. The van der Waals surface area contributed by atoms with E-state index in [0.717, 1.165) is 0 Å². The minimum atomic E-state index is -4.36. The van der Waals surface area contributed by atoms with Crippen LogP contribution in [-0.4, -0.2) is 56.9 Å². The molecule has 104 valence electrons. The fourth-order valence-electron chi connectivity index (χ4n) is 1.31. The van der Waals surface area contributed by atoms with Gasteiger partial charge in [0, 0.05) is 13.1 Å². The first kappa shape index (κ1) is 14.7. The predicted octanol–water partition coefficient (Wildman–Crippen LogP) is -1.23. The number of alkyl halides is 3. The summed E-state index contributed by atoms with van der Waals surface area (Å²) in [5.74, 6) is -0.585. The molecule has 1 aliphatic heterocycles. The smallest absolute Gasteiger partial charge is 0.370 e. The molecule has 0 aromatic rings. The van der Waals surface area contributed by atoms with Gasteiger partial charge in [-0.2, -0.15) is 13.2 Å². The van der Waals surface area contributed by atoms with Crippen LogP contribution in [0.5, 0.6) is 0 Å². The predicted molar refractivity (Wildman–Crippen MR) is 54.7 cm³/mol. The van der Waals surface area contributed by atoms with Crippen molar-refractivity contribution in [2.24, 2.45) is 0 Å². The van der Waals surface area contributed by atoms with Gasteiger partial charge in [0.1, 0.15) is 12.6 Å². The minimum absolute atomic E-state index is 0.0129. The van der Waals surface area contributed by atoms with Crippen LogP contribution in [0, 0.1) is 0 Å². The van der Waals surface area contributed by atoms with Gasteiger partial charge in [-0.1, -0.05) is 0 Å². The van der Waals surface area contributed by atoms with Crippen molar-refractivity contribution in [3.05, 3.63) is 0 Å². The van der Waals surface area contributed by atoms with Crippen molar-refractivity contribution in [2.75, 3.05) is 32.8 Å². The molecule has 1 saturated heterocycles. The van der Waals surface area contributed by atoms with E-state index in [9.17, 15) is 22.8 Å². The highest BCUT2D eigenvalue weighted by Crippen LogP contribution is 2.13. The third kappa shape index (κ3) is 5.82. The van der Waals surface area contributed by atoms with E-state index in [1.54, 1.807) is 0 Å². The Labute approximate surface area is 101 Å². The first-order valence-corrected chi connectivity index (χ1v) is 5.31. The van der Waals surface area contributed by atoms with Crippen LogP contribution >= 0.6 is 0 Å². The molecule has 1 atom stereocenters. The van der Waals surface area contributed by atoms with Crippen LogP contribution in [0.1, 0.15) is 0 Å². The summed E-state index contributed by atoms with van der Waals surface area (Å²) in [5.41, 5.74) is 0. The maximum Gasteiger partial charge on any atom is 0.411 e. The van der Waals surface area contributed by atoms with Crippen molar-refractivity contribution in [3.8, 4) is 0 Å². The number of amides is 2.